The number of ether oxygens (including phenoxy) is 1. The highest BCUT2D eigenvalue weighted by atomic mass is 32.2. The van der Waals surface area contributed by atoms with E-state index >= 15 is 0 Å². The van der Waals surface area contributed by atoms with Gasteiger partial charge in [-0.05, 0) is 37.1 Å². The van der Waals surface area contributed by atoms with Crippen LogP contribution in [0.15, 0.2) is 29.5 Å². The highest BCUT2D eigenvalue weighted by molar-refractivity contribution is 8.14. The van der Waals surface area contributed by atoms with E-state index in [0.29, 0.717) is 45.4 Å². The number of pyridine rings is 2. The molecule has 220 valence electrons. The molecule has 1 unspecified atom stereocenters. The standard InChI is InChI=1S/C27H40F3N7OSSi/c1-40(2,3)15-14-38-19-37(26-34-33-25(39-26)20-6-4-5-7-20)24-9-8-22-23(32-24)16-21(17-31-22)36-12-10-35(11-13-36)18-27(28,29)30/h8-9,16-17,20,26,34H,4-7,10-15,18-19H2,1-3H3. The van der Waals surface area contributed by atoms with Gasteiger partial charge in [-0.25, -0.2) is 4.98 Å². The van der Waals surface area contributed by atoms with Crippen LogP contribution < -0.4 is 15.2 Å². The number of fused-ring (bicyclic) bond motifs is 1. The number of rotatable bonds is 10. The van der Waals surface area contributed by atoms with E-state index in [0.717, 1.165) is 28.6 Å². The van der Waals surface area contributed by atoms with Crippen LogP contribution in [0.5, 0.6) is 0 Å². The molecule has 3 aliphatic rings. The summed E-state index contributed by atoms with van der Waals surface area (Å²) < 4.78 is 44.6. The largest absolute Gasteiger partial charge is 0.401 e. The van der Waals surface area contributed by atoms with Gasteiger partial charge in [0.05, 0.1) is 29.5 Å². The Hall–Kier alpha value is -2.09. The third kappa shape index (κ3) is 7.80. The van der Waals surface area contributed by atoms with Crippen molar-refractivity contribution in [2.75, 3.05) is 55.9 Å². The van der Waals surface area contributed by atoms with E-state index in [2.05, 4.69) is 39.9 Å². The lowest BCUT2D eigenvalue weighted by atomic mass is 10.1. The SMILES string of the molecule is C[Si](C)(C)CCOCN(c1ccc2ncc(N3CCN(CC(F)(F)F)CC3)cc2n1)C1NN=C(C2CCCC2)S1. The number of alkyl halides is 3. The maximum absolute atomic E-state index is 12.8. The summed E-state index contributed by atoms with van der Waals surface area (Å²) in [6, 6.07) is 7.02. The average molecular weight is 596 g/mol. The van der Waals surface area contributed by atoms with Crippen LogP contribution in [0.3, 0.4) is 0 Å². The number of hydrogen-bond acceptors (Lipinski definition) is 9. The number of hydrazone groups is 1. The second-order valence-corrected chi connectivity index (χ2v) is 18.8. The number of nitrogens with one attached hydrogen (secondary N) is 1. The molecular weight excluding hydrogens is 555 g/mol. The van der Waals surface area contributed by atoms with Crippen LogP contribution in [0.4, 0.5) is 24.7 Å². The lowest BCUT2D eigenvalue weighted by Crippen LogP contribution is -2.49. The van der Waals surface area contributed by atoms with Gasteiger partial charge in [0.25, 0.3) is 0 Å². The summed E-state index contributed by atoms with van der Waals surface area (Å²) in [6.07, 6.45) is 2.53. The zero-order valence-electron chi connectivity index (χ0n) is 23.6. The second-order valence-electron chi connectivity index (χ2n) is 12.1. The van der Waals surface area contributed by atoms with Crippen LogP contribution in [0.25, 0.3) is 11.0 Å². The molecule has 2 aromatic rings. The Morgan fingerprint density at radius 3 is 2.55 bits per heavy atom. The molecule has 13 heteroatoms. The van der Waals surface area contributed by atoms with E-state index in [-0.39, 0.29) is 5.50 Å². The maximum Gasteiger partial charge on any atom is 0.401 e. The van der Waals surface area contributed by atoms with Crippen molar-refractivity contribution in [3.63, 3.8) is 0 Å². The second kappa shape index (κ2) is 12.4. The summed E-state index contributed by atoms with van der Waals surface area (Å²) in [5, 5.41) is 5.87. The van der Waals surface area contributed by atoms with Crippen molar-refractivity contribution in [3.8, 4) is 0 Å². The quantitative estimate of drug-likeness (QED) is 0.218. The van der Waals surface area contributed by atoms with Gasteiger partial charge in [-0.1, -0.05) is 44.2 Å². The number of aromatic nitrogens is 2. The molecule has 1 aliphatic carbocycles. The molecular formula is C27H40F3N7OSSi. The number of hydrogen-bond donors (Lipinski definition) is 1. The molecule has 0 radical (unpaired) electrons. The number of halogens is 3. The highest BCUT2D eigenvalue weighted by Crippen LogP contribution is 2.36. The van der Waals surface area contributed by atoms with Gasteiger partial charge < -0.3 is 14.5 Å². The van der Waals surface area contributed by atoms with Crippen LogP contribution in [-0.2, 0) is 4.74 Å². The van der Waals surface area contributed by atoms with E-state index in [4.69, 9.17) is 14.8 Å². The van der Waals surface area contributed by atoms with Crippen LogP contribution in [-0.4, -0.2) is 85.7 Å². The van der Waals surface area contributed by atoms with Gasteiger partial charge in [0.1, 0.15) is 17.6 Å². The summed E-state index contributed by atoms with van der Waals surface area (Å²) in [5.74, 6) is 1.31. The normalized spacial score (nSPS) is 21.2. The van der Waals surface area contributed by atoms with Gasteiger partial charge in [-0.3, -0.25) is 15.3 Å². The minimum Gasteiger partial charge on any atom is -0.368 e. The zero-order chi connectivity index (χ0) is 28.3. The molecule has 0 amide bonds. The first-order valence-electron chi connectivity index (χ1n) is 14.2. The van der Waals surface area contributed by atoms with E-state index in [9.17, 15) is 13.2 Å². The van der Waals surface area contributed by atoms with Crippen LogP contribution in [0.2, 0.25) is 25.7 Å². The van der Waals surface area contributed by atoms with Crippen molar-refractivity contribution in [3.05, 3.63) is 24.4 Å². The summed E-state index contributed by atoms with van der Waals surface area (Å²) in [6.45, 7) is 9.03. The number of thioether (sulfide) groups is 1. The lowest BCUT2D eigenvalue weighted by Gasteiger charge is -2.36. The molecule has 2 aliphatic heterocycles. The van der Waals surface area contributed by atoms with Crippen molar-refractivity contribution >= 4 is 47.4 Å². The Balaban J connectivity index is 1.31. The van der Waals surface area contributed by atoms with E-state index in [1.807, 2.05) is 18.2 Å². The van der Waals surface area contributed by atoms with Crippen LogP contribution >= 0.6 is 11.8 Å². The minimum absolute atomic E-state index is 0.106. The van der Waals surface area contributed by atoms with Gasteiger partial charge >= 0.3 is 6.18 Å². The zero-order valence-corrected chi connectivity index (χ0v) is 25.4. The molecule has 1 saturated carbocycles. The first-order valence-corrected chi connectivity index (χ1v) is 18.8. The van der Waals surface area contributed by atoms with E-state index in [1.165, 1.54) is 35.6 Å². The first kappa shape index (κ1) is 29.4. The Labute approximate surface area is 239 Å². The third-order valence-corrected chi connectivity index (χ3v) is 10.6. The molecule has 2 fully saturated rings. The summed E-state index contributed by atoms with van der Waals surface area (Å²) in [4.78, 5) is 15.3. The van der Waals surface area contributed by atoms with Gasteiger partial charge in [0.15, 0.2) is 5.50 Å². The van der Waals surface area contributed by atoms with Gasteiger partial charge in [-0.2, -0.15) is 18.3 Å². The molecule has 1 saturated heterocycles. The Morgan fingerprint density at radius 1 is 1.10 bits per heavy atom. The van der Waals surface area contributed by atoms with Gasteiger partial charge in [-0.15, -0.1) is 0 Å². The lowest BCUT2D eigenvalue weighted by molar-refractivity contribution is -0.146. The van der Waals surface area contributed by atoms with Gasteiger partial charge in [0.2, 0.25) is 0 Å². The minimum atomic E-state index is -4.17. The molecule has 0 spiro atoms. The molecule has 8 nitrogen and oxygen atoms in total. The Kier molecular flexibility index (Phi) is 9.13. The predicted octanol–water partition coefficient (Wildman–Crippen LogP) is 5.56. The summed E-state index contributed by atoms with van der Waals surface area (Å²) >= 11 is 1.75. The third-order valence-electron chi connectivity index (χ3n) is 7.67. The molecule has 0 aromatic carbocycles. The van der Waals surface area contributed by atoms with Crippen molar-refractivity contribution in [1.82, 2.24) is 20.3 Å². The Morgan fingerprint density at radius 2 is 1.85 bits per heavy atom. The van der Waals surface area contributed by atoms with Crippen molar-refractivity contribution < 1.29 is 17.9 Å². The van der Waals surface area contributed by atoms with Crippen molar-refractivity contribution in [1.29, 1.82) is 0 Å². The molecule has 0 bridgehead atoms. The summed E-state index contributed by atoms with van der Waals surface area (Å²) in [5.41, 5.74) is 5.62. The monoisotopic (exact) mass is 595 g/mol. The smallest absolute Gasteiger partial charge is 0.368 e. The topological polar surface area (TPSA) is 69.1 Å². The number of anilines is 2. The molecule has 40 heavy (non-hydrogen) atoms. The fraction of sp³-hybridized carbons (Fsp3) is 0.667. The molecule has 1 atom stereocenters. The van der Waals surface area contributed by atoms with Crippen molar-refractivity contribution in [2.24, 2.45) is 11.0 Å². The molecule has 1 N–H and O–H groups in total. The number of nitrogens with zero attached hydrogens (tertiary/aromatic N) is 6. The van der Waals surface area contributed by atoms with Crippen molar-refractivity contribution in [2.45, 2.75) is 63.0 Å². The summed E-state index contributed by atoms with van der Waals surface area (Å²) in [7, 11) is -1.22. The molecule has 5 rings (SSSR count). The van der Waals surface area contributed by atoms with E-state index in [1.54, 1.807) is 18.0 Å². The fourth-order valence-electron chi connectivity index (χ4n) is 5.31. The molecule has 4 heterocycles. The van der Waals surface area contributed by atoms with E-state index < -0.39 is 20.8 Å². The fourth-order valence-corrected chi connectivity index (χ4v) is 7.23. The highest BCUT2D eigenvalue weighted by Gasteiger charge is 2.33. The Bertz CT molecular complexity index is 1180. The predicted molar refractivity (Wildman–Crippen MR) is 160 cm³/mol. The maximum atomic E-state index is 12.8. The van der Waals surface area contributed by atoms with Crippen LogP contribution in [0.1, 0.15) is 25.7 Å². The van der Waals surface area contributed by atoms with Crippen LogP contribution in [0, 0.1) is 5.92 Å². The average Bonchev–Trinajstić information content (AvgIpc) is 3.60. The van der Waals surface area contributed by atoms with Gasteiger partial charge in [0, 0.05) is 46.8 Å². The first-order chi connectivity index (χ1) is 19.0. The molecule has 2 aromatic heterocycles. The number of piperazine rings is 1.